The van der Waals surface area contributed by atoms with Crippen LogP contribution in [0.5, 0.6) is 0 Å². The average molecular weight is 466 g/mol. The molecule has 2 N–H and O–H groups in total. The van der Waals surface area contributed by atoms with E-state index in [0.29, 0.717) is 16.9 Å². The van der Waals surface area contributed by atoms with E-state index in [-0.39, 0.29) is 5.28 Å². The molecule has 1 aliphatic rings. The first kappa shape index (κ1) is 20.7. The van der Waals surface area contributed by atoms with Gasteiger partial charge in [-0.2, -0.15) is 15.0 Å². The van der Waals surface area contributed by atoms with E-state index >= 15 is 0 Å². The van der Waals surface area contributed by atoms with Crippen molar-refractivity contribution in [3.05, 3.63) is 65.0 Å². The molecule has 1 fully saturated rings. The van der Waals surface area contributed by atoms with Gasteiger partial charge in [0.25, 0.3) is 0 Å². The number of nitrogens with one attached hydrogen (secondary N) is 2. The second-order valence-electron chi connectivity index (χ2n) is 7.62. The van der Waals surface area contributed by atoms with Crippen molar-refractivity contribution in [1.82, 2.24) is 19.9 Å². The number of fused-ring (bicyclic) bond motifs is 1. The number of aromatic nitrogens is 4. The Bertz CT molecular complexity index is 1240. The molecule has 0 radical (unpaired) electrons. The summed E-state index contributed by atoms with van der Waals surface area (Å²) in [4.78, 5) is 19.6. The zero-order valence-corrected chi connectivity index (χ0v) is 18.7. The maximum absolute atomic E-state index is 6.16. The molecule has 1 aliphatic heterocycles. The largest absolute Gasteiger partial charge is 0.355 e. The molecule has 2 aromatic heterocycles. The van der Waals surface area contributed by atoms with E-state index in [4.69, 9.17) is 23.2 Å². The number of piperidine rings is 1. The van der Waals surface area contributed by atoms with Crippen molar-refractivity contribution in [2.45, 2.75) is 19.3 Å². The fraction of sp³-hybridized carbons (Fsp3) is 0.217. The second-order valence-corrected chi connectivity index (χ2v) is 8.40. The first-order chi connectivity index (χ1) is 15.6. The first-order valence-electron chi connectivity index (χ1n) is 10.5. The van der Waals surface area contributed by atoms with Crippen molar-refractivity contribution >= 4 is 63.1 Å². The quantitative estimate of drug-likeness (QED) is 0.362. The van der Waals surface area contributed by atoms with Gasteiger partial charge in [0.15, 0.2) is 0 Å². The van der Waals surface area contributed by atoms with Crippen LogP contribution in [0, 0.1) is 0 Å². The molecular weight excluding hydrogens is 445 g/mol. The summed E-state index contributed by atoms with van der Waals surface area (Å²) in [5.74, 6) is 1.05. The molecule has 0 bridgehead atoms. The molecule has 0 atom stereocenters. The van der Waals surface area contributed by atoms with Crippen LogP contribution in [-0.4, -0.2) is 33.0 Å². The third-order valence-electron chi connectivity index (χ3n) is 5.36. The first-order valence-corrected chi connectivity index (χ1v) is 11.2. The summed E-state index contributed by atoms with van der Waals surface area (Å²) in [6.45, 7) is 1.88. The lowest BCUT2D eigenvalue weighted by Gasteiger charge is -2.26. The molecule has 5 rings (SSSR count). The zero-order valence-electron chi connectivity index (χ0n) is 17.2. The number of anilines is 5. The molecule has 0 aliphatic carbocycles. The van der Waals surface area contributed by atoms with Crippen molar-refractivity contribution in [3.63, 3.8) is 0 Å². The standard InChI is InChI=1S/C23H21Cl2N7/c24-15-4-9-18-19(10-11-26-20(18)14-15)27-16-5-7-17(8-6-16)28-22-29-21(25)30-23(31-22)32-12-2-1-3-13-32/h4-11,14H,1-3,12-13H2,(H,26,27)(H,28,29,30,31). The normalized spacial score (nSPS) is 13.9. The van der Waals surface area contributed by atoms with Crippen LogP contribution in [0.1, 0.15) is 19.3 Å². The SMILES string of the molecule is Clc1ccc2c(Nc3ccc(Nc4nc(Cl)nc(N5CCCCC5)n4)cc3)ccnc2c1. The van der Waals surface area contributed by atoms with Crippen LogP contribution in [-0.2, 0) is 0 Å². The summed E-state index contributed by atoms with van der Waals surface area (Å²) in [7, 11) is 0. The van der Waals surface area contributed by atoms with E-state index in [2.05, 4.69) is 35.5 Å². The van der Waals surface area contributed by atoms with Crippen LogP contribution in [0.3, 0.4) is 0 Å². The molecule has 7 nitrogen and oxygen atoms in total. The third kappa shape index (κ3) is 4.69. The van der Waals surface area contributed by atoms with Gasteiger partial charge in [0.1, 0.15) is 0 Å². The Hall–Kier alpha value is -3.16. The molecule has 9 heteroatoms. The van der Waals surface area contributed by atoms with E-state index in [9.17, 15) is 0 Å². The van der Waals surface area contributed by atoms with Gasteiger partial charge in [-0.05, 0) is 79.4 Å². The van der Waals surface area contributed by atoms with Crippen LogP contribution in [0.25, 0.3) is 10.9 Å². The zero-order chi connectivity index (χ0) is 21.9. The maximum Gasteiger partial charge on any atom is 0.233 e. The predicted octanol–water partition coefficient (Wildman–Crippen LogP) is 6.20. The molecule has 1 saturated heterocycles. The van der Waals surface area contributed by atoms with Crippen LogP contribution >= 0.6 is 23.2 Å². The monoisotopic (exact) mass is 465 g/mol. The van der Waals surface area contributed by atoms with Crippen LogP contribution in [0.2, 0.25) is 10.3 Å². The molecule has 3 heterocycles. The Morgan fingerprint density at radius 1 is 0.781 bits per heavy atom. The molecule has 162 valence electrons. The lowest BCUT2D eigenvalue weighted by Crippen LogP contribution is -2.31. The molecule has 0 saturated carbocycles. The molecule has 0 amide bonds. The van der Waals surface area contributed by atoms with Gasteiger partial charge in [-0.3, -0.25) is 4.98 Å². The smallest absolute Gasteiger partial charge is 0.233 e. The highest BCUT2D eigenvalue weighted by Crippen LogP contribution is 2.28. The minimum Gasteiger partial charge on any atom is -0.355 e. The van der Waals surface area contributed by atoms with Crippen molar-refractivity contribution in [1.29, 1.82) is 0 Å². The third-order valence-corrected chi connectivity index (χ3v) is 5.76. The number of hydrogen-bond donors (Lipinski definition) is 2. The molecular formula is C23H21Cl2N7. The molecule has 0 unspecified atom stereocenters. The highest BCUT2D eigenvalue weighted by Gasteiger charge is 2.16. The van der Waals surface area contributed by atoms with Crippen LogP contribution in [0.4, 0.5) is 29.0 Å². The van der Waals surface area contributed by atoms with E-state index in [1.54, 1.807) is 6.20 Å². The van der Waals surface area contributed by atoms with Gasteiger partial charge in [-0.1, -0.05) is 11.6 Å². The fourth-order valence-corrected chi connectivity index (χ4v) is 4.10. The Labute approximate surface area is 195 Å². The predicted molar refractivity (Wildman–Crippen MR) is 131 cm³/mol. The van der Waals surface area contributed by atoms with Crippen LogP contribution < -0.4 is 15.5 Å². The van der Waals surface area contributed by atoms with Crippen molar-refractivity contribution in [3.8, 4) is 0 Å². The van der Waals surface area contributed by atoms with Gasteiger partial charge in [0.2, 0.25) is 17.2 Å². The van der Waals surface area contributed by atoms with Crippen molar-refractivity contribution in [2.75, 3.05) is 28.6 Å². The summed E-state index contributed by atoms with van der Waals surface area (Å²) in [6, 6.07) is 15.5. The minimum atomic E-state index is 0.186. The Balaban J connectivity index is 1.32. The summed E-state index contributed by atoms with van der Waals surface area (Å²) in [5.41, 5.74) is 3.61. The van der Waals surface area contributed by atoms with Gasteiger partial charge >= 0.3 is 0 Å². The molecule has 2 aromatic carbocycles. The van der Waals surface area contributed by atoms with Gasteiger partial charge in [0.05, 0.1) is 5.52 Å². The number of benzene rings is 2. The molecule has 4 aromatic rings. The summed E-state index contributed by atoms with van der Waals surface area (Å²) in [6.07, 6.45) is 5.28. The molecule has 32 heavy (non-hydrogen) atoms. The highest BCUT2D eigenvalue weighted by molar-refractivity contribution is 6.31. The topological polar surface area (TPSA) is 78.9 Å². The Kier molecular flexibility index (Phi) is 5.92. The van der Waals surface area contributed by atoms with Gasteiger partial charge < -0.3 is 15.5 Å². The van der Waals surface area contributed by atoms with E-state index in [1.807, 2.05) is 48.5 Å². The van der Waals surface area contributed by atoms with E-state index in [0.717, 1.165) is 53.9 Å². The summed E-state index contributed by atoms with van der Waals surface area (Å²) >= 11 is 12.2. The van der Waals surface area contributed by atoms with Gasteiger partial charge in [0, 0.05) is 46.8 Å². The van der Waals surface area contributed by atoms with E-state index < -0.39 is 0 Å². The second kappa shape index (κ2) is 9.14. The Morgan fingerprint density at radius 3 is 2.31 bits per heavy atom. The Morgan fingerprint density at radius 2 is 1.53 bits per heavy atom. The summed E-state index contributed by atoms with van der Waals surface area (Å²) in [5, 5.41) is 8.52. The fourth-order valence-electron chi connectivity index (χ4n) is 3.78. The number of nitrogens with zero attached hydrogens (tertiary/aromatic N) is 5. The lowest BCUT2D eigenvalue weighted by molar-refractivity contribution is 0.567. The summed E-state index contributed by atoms with van der Waals surface area (Å²) < 4.78 is 0. The number of rotatable bonds is 5. The average Bonchev–Trinajstić information content (AvgIpc) is 2.80. The number of hydrogen-bond acceptors (Lipinski definition) is 7. The van der Waals surface area contributed by atoms with Crippen molar-refractivity contribution in [2.24, 2.45) is 0 Å². The maximum atomic E-state index is 6.16. The minimum absolute atomic E-state index is 0.186. The molecule has 0 spiro atoms. The lowest BCUT2D eigenvalue weighted by atomic mass is 10.1. The van der Waals surface area contributed by atoms with Gasteiger partial charge in [-0.25, -0.2) is 0 Å². The van der Waals surface area contributed by atoms with E-state index in [1.165, 1.54) is 6.42 Å². The van der Waals surface area contributed by atoms with Gasteiger partial charge in [-0.15, -0.1) is 0 Å². The van der Waals surface area contributed by atoms with Crippen molar-refractivity contribution < 1.29 is 0 Å². The van der Waals surface area contributed by atoms with Crippen LogP contribution in [0.15, 0.2) is 54.7 Å². The highest BCUT2D eigenvalue weighted by atomic mass is 35.5. The number of pyridine rings is 1. The number of halogens is 2.